The van der Waals surface area contributed by atoms with E-state index in [0.717, 1.165) is 15.2 Å². The van der Waals surface area contributed by atoms with E-state index in [1.807, 2.05) is 24.3 Å². The van der Waals surface area contributed by atoms with Crippen molar-refractivity contribution < 1.29 is 9.18 Å². The van der Waals surface area contributed by atoms with Gasteiger partial charge in [-0.15, -0.1) is 11.3 Å². The van der Waals surface area contributed by atoms with Crippen LogP contribution >= 0.6 is 11.3 Å². The zero-order valence-electron chi connectivity index (χ0n) is 12.1. The van der Waals surface area contributed by atoms with Gasteiger partial charge in [-0.3, -0.25) is 4.79 Å². The number of rotatable bonds is 4. The Labute approximate surface area is 131 Å². The number of fused-ring (bicyclic) bond motifs is 1. The molecular formula is C17H15FN2OS. The molecular weight excluding hydrogens is 299 g/mol. The highest BCUT2D eigenvalue weighted by atomic mass is 32.1. The van der Waals surface area contributed by atoms with Gasteiger partial charge >= 0.3 is 0 Å². The van der Waals surface area contributed by atoms with E-state index in [0.29, 0.717) is 24.1 Å². The highest BCUT2D eigenvalue weighted by molar-refractivity contribution is 7.18. The van der Waals surface area contributed by atoms with Crippen LogP contribution in [-0.4, -0.2) is 10.9 Å². The smallest absolute Gasteiger partial charge is 0.224 e. The molecule has 0 atom stereocenters. The Morgan fingerprint density at radius 3 is 2.86 bits per heavy atom. The van der Waals surface area contributed by atoms with Crippen LogP contribution in [0.4, 0.5) is 10.1 Å². The third-order valence-electron chi connectivity index (χ3n) is 3.37. The van der Waals surface area contributed by atoms with Crippen molar-refractivity contribution in [2.75, 3.05) is 5.32 Å². The number of aryl methyl sites for hydroxylation is 2. The number of thiazole rings is 1. The number of para-hydroxylation sites is 1. The van der Waals surface area contributed by atoms with E-state index in [1.165, 1.54) is 12.1 Å². The summed E-state index contributed by atoms with van der Waals surface area (Å²) in [6, 6.07) is 12.3. The predicted molar refractivity (Wildman–Crippen MR) is 87.7 cm³/mol. The molecule has 0 saturated heterocycles. The molecule has 1 heterocycles. The van der Waals surface area contributed by atoms with Gasteiger partial charge in [0, 0.05) is 18.5 Å². The monoisotopic (exact) mass is 314 g/mol. The van der Waals surface area contributed by atoms with Crippen molar-refractivity contribution in [2.45, 2.75) is 19.8 Å². The highest BCUT2D eigenvalue weighted by Gasteiger charge is 2.08. The van der Waals surface area contributed by atoms with E-state index in [-0.39, 0.29) is 11.7 Å². The van der Waals surface area contributed by atoms with Crippen LogP contribution in [0, 0.1) is 12.7 Å². The molecule has 5 heteroatoms. The zero-order chi connectivity index (χ0) is 15.5. The minimum Gasteiger partial charge on any atom is -0.326 e. The lowest BCUT2D eigenvalue weighted by Gasteiger charge is -2.07. The number of anilines is 1. The van der Waals surface area contributed by atoms with Gasteiger partial charge in [0.2, 0.25) is 5.91 Å². The average Bonchev–Trinajstić information content (AvgIpc) is 2.91. The average molecular weight is 314 g/mol. The molecule has 0 bridgehead atoms. The second kappa shape index (κ2) is 6.23. The fraction of sp³-hybridized carbons (Fsp3) is 0.176. The Balaban J connectivity index is 1.62. The van der Waals surface area contributed by atoms with E-state index in [4.69, 9.17) is 0 Å². The van der Waals surface area contributed by atoms with Gasteiger partial charge in [0.15, 0.2) is 0 Å². The van der Waals surface area contributed by atoms with E-state index in [9.17, 15) is 9.18 Å². The van der Waals surface area contributed by atoms with E-state index < -0.39 is 0 Å². The molecule has 0 unspecified atom stereocenters. The lowest BCUT2D eigenvalue weighted by molar-refractivity contribution is -0.116. The lowest BCUT2D eigenvalue weighted by Crippen LogP contribution is -2.13. The Kier molecular flexibility index (Phi) is 4.15. The first-order chi connectivity index (χ1) is 10.6. The van der Waals surface area contributed by atoms with Crippen LogP contribution in [0.25, 0.3) is 10.2 Å². The maximum atomic E-state index is 13.0. The normalized spacial score (nSPS) is 10.8. The Bertz CT molecular complexity index is 795. The van der Waals surface area contributed by atoms with Gasteiger partial charge in [0.25, 0.3) is 0 Å². The van der Waals surface area contributed by atoms with Crippen molar-refractivity contribution in [3.8, 4) is 0 Å². The van der Waals surface area contributed by atoms with Crippen molar-refractivity contribution in [2.24, 2.45) is 0 Å². The van der Waals surface area contributed by atoms with Gasteiger partial charge in [-0.05, 0) is 42.8 Å². The molecule has 3 nitrogen and oxygen atoms in total. The number of hydrogen-bond acceptors (Lipinski definition) is 3. The molecule has 1 N–H and O–H groups in total. The van der Waals surface area contributed by atoms with Crippen molar-refractivity contribution in [3.05, 3.63) is 58.9 Å². The number of benzene rings is 2. The minimum absolute atomic E-state index is 0.0889. The van der Waals surface area contributed by atoms with Crippen LogP contribution in [0.2, 0.25) is 0 Å². The van der Waals surface area contributed by atoms with Crippen LogP contribution < -0.4 is 5.32 Å². The van der Waals surface area contributed by atoms with Gasteiger partial charge < -0.3 is 5.32 Å². The van der Waals surface area contributed by atoms with Gasteiger partial charge in [-0.1, -0.05) is 12.1 Å². The molecule has 3 rings (SSSR count). The fourth-order valence-electron chi connectivity index (χ4n) is 2.23. The zero-order valence-corrected chi connectivity index (χ0v) is 12.9. The van der Waals surface area contributed by atoms with Crippen LogP contribution in [0.1, 0.15) is 17.0 Å². The lowest BCUT2D eigenvalue weighted by atomic mass is 10.2. The largest absolute Gasteiger partial charge is 0.326 e. The summed E-state index contributed by atoms with van der Waals surface area (Å²) in [5.41, 5.74) is 2.33. The Morgan fingerprint density at radius 1 is 1.27 bits per heavy atom. The first kappa shape index (κ1) is 14.7. The van der Waals surface area contributed by atoms with E-state index in [1.54, 1.807) is 24.3 Å². The van der Waals surface area contributed by atoms with Crippen molar-refractivity contribution in [1.29, 1.82) is 0 Å². The first-order valence-electron chi connectivity index (χ1n) is 7.02. The maximum Gasteiger partial charge on any atom is 0.224 e. The quantitative estimate of drug-likeness (QED) is 0.779. The minimum atomic E-state index is -0.301. The number of aromatic nitrogens is 1. The fourth-order valence-corrected chi connectivity index (χ4v) is 3.19. The number of amides is 1. The second-order valence-electron chi connectivity index (χ2n) is 5.08. The topological polar surface area (TPSA) is 42.0 Å². The standard InChI is InChI=1S/C17H15FN2OS/c1-11-10-12(18)6-7-13(11)19-16(21)8-9-17-20-14-4-2-3-5-15(14)22-17/h2-7,10H,8-9H2,1H3,(H,19,21). The molecule has 0 aliphatic heterocycles. The number of nitrogens with zero attached hydrogens (tertiary/aromatic N) is 1. The summed E-state index contributed by atoms with van der Waals surface area (Å²) in [6.45, 7) is 1.77. The van der Waals surface area contributed by atoms with Gasteiger partial charge in [0.1, 0.15) is 5.82 Å². The molecule has 0 spiro atoms. The van der Waals surface area contributed by atoms with Crippen molar-refractivity contribution >= 4 is 33.1 Å². The molecule has 0 radical (unpaired) electrons. The third-order valence-corrected chi connectivity index (χ3v) is 4.46. The molecule has 1 amide bonds. The number of nitrogens with one attached hydrogen (secondary N) is 1. The van der Waals surface area contributed by atoms with Crippen molar-refractivity contribution in [3.63, 3.8) is 0 Å². The summed E-state index contributed by atoms with van der Waals surface area (Å²) < 4.78 is 14.2. The summed E-state index contributed by atoms with van der Waals surface area (Å²) in [4.78, 5) is 16.5. The van der Waals surface area contributed by atoms with Gasteiger partial charge in [0.05, 0.1) is 15.2 Å². The second-order valence-corrected chi connectivity index (χ2v) is 6.20. The number of halogens is 1. The summed E-state index contributed by atoms with van der Waals surface area (Å²) in [5, 5.41) is 3.76. The summed E-state index contributed by atoms with van der Waals surface area (Å²) in [7, 11) is 0. The molecule has 22 heavy (non-hydrogen) atoms. The summed E-state index contributed by atoms with van der Waals surface area (Å²) >= 11 is 1.61. The molecule has 0 aliphatic carbocycles. The third kappa shape index (κ3) is 3.31. The predicted octanol–water partition coefficient (Wildman–Crippen LogP) is 4.32. The Morgan fingerprint density at radius 2 is 2.09 bits per heavy atom. The molecule has 2 aromatic carbocycles. The molecule has 0 fully saturated rings. The molecule has 1 aromatic heterocycles. The number of hydrogen-bond donors (Lipinski definition) is 1. The van der Waals surface area contributed by atoms with Crippen LogP contribution in [0.15, 0.2) is 42.5 Å². The van der Waals surface area contributed by atoms with Gasteiger partial charge in [-0.25, -0.2) is 9.37 Å². The first-order valence-corrected chi connectivity index (χ1v) is 7.84. The van der Waals surface area contributed by atoms with Crippen LogP contribution in [0.5, 0.6) is 0 Å². The maximum absolute atomic E-state index is 13.0. The van der Waals surface area contributed by atoms with E-state index in [2.05, 4.69) is 10.3 Å². The SMILES string of the molecule is Cc1cc(F)ccc1NC(=O)CCc1nc2ccccc2s1. The number of carbonyl (C=O) groups is 1. The molecule has 0 saturated carbocycles. The van der Waals surface area contributed by atoms with Crippen LogP contribution in [0.3, 0.4) is 0 Å². The Hall–Kier alpha value is -2.27. The van der Waals surface area contributed by atoms with Crippen LogP contribution in [-0.2, 0) is 11.2 Å². The van der Waals surface area contributed by atoms with Crippen molar-refractivity contribution in [1.82, 2.24) is 4.98 Å². The molecule has 0 aliphatic rings. The highest BCUT2D eigenvalue weighted by Crippen LogP contribution is 2.22. The van der Waals surface area contributed by atoms with Gasteiger partial charge in [-0.2, -0.15) is 0 Å². The molecule has 112 valence electrons. The van der Waals surface area contributed by atoms with E-state index >= 15 is 0 Å². The summed E-state index contributed by atoms with van der Waals surface area (Å²) in [5.74, 6) is -0.390. The summed E-state index contributed by atoms with van der Waals surface area (Å²) in [6.07, 6.45) is 0.960. The number of carbonyl (C=O) groups excluding carboxylic acids is 1. The molecule has 3 aromatic rings.